The smallest absolute Gasteiger partial charge is 0.251 e. The zero-order chi connectivity index (χ0) is 19.7. The fourth-order valence-corrected chi connectivity index (χ4v) is 4.02. The van der Waals surface area contributed by atoms with Gasteiger partial charge in [-0.3, -0.25) is 9.59 Å². The lowest BCUT2D eigenvalue weighted by atomic mass is 10.1. The zero-order valence-electron chi connectivity index (χ0n) is 15.8. The molecule has 2 heterocycles. The number of aromatic nitrogens is 1. The SMILES string of the molecule is Cc1ccc(C(=O)NCCc2nc(-c3ccc4c(c3)CC(=O)N4)cs2)cc1C. The average Bonchev–Trinajstić information content (AvgIpc) is 3.28. The first-order chi connectivity index (χ1) is 13.5. The molecule has 0 fully saturated rings. The average molecular weight is 391 g/mol. The highest BCUT2D eigenvalue weighted by atomic mass is 32.1. The Labute approximate surface area is 167 Å². The van der Waals surface area contributed by atoms with Gasteiger partial charge in [-0.2, -0.15) is 0 Å². The van der Waals surface area contributed by atoms with Gasteiger partial charge in [-0.05, 0) is 54.8 Å². The molecule has 1 aromatic heterocycles. The summed E-state index contributed by atoms with van der Waals surface area (Å²) in [7, 11) is 0. The number of hydrogen-bond donors (Lipinski definition) is 2. The highest BCUT2D eigenvalue weighted by Crippen LogP contribution is 2.29. The highest BCUT2D eigenvalue weighted by Gasteiger charge is 2.18. The van der Waals surface area contributed by atoms with E-state index in [0.717, 1.165) is 33.1 Å². The van der Waals surface area contributed by atoms with Gasteiger partial charge >= 0.3 is 0 Å². The molecule has 4 rings (SSSR count). The third-order valence-corrected chi connectivity index (χ3v) is 5.88. The highest BCUT2D eigenvalue weighted by molar-refractivity contribution is 7.09. The molecule has 0 spiro atoms. The van der Waals surface area contributed by atoms with Gasteiger partial charge < -0.3 is 10.6 Å². The number of amides is 2. The van der Waals surface area contributed by atoms with E-state index in [1.165, 1.54) is 5.56 Å². The number of fused-ring (bicyclic) bond motifs is 1. The monoisotopic (exact) mass is 391 g/mol. The summed E-state index contributed by atoms with van der Waals surface area (Å²) in [6.45, 7) is 4.59. The number of thiazole rings is 1. The van der Waals surface area contributed by atoms with E-state index in [1.807, 2.05) is 55.6 Å². The lowest BCUT2D eigenvalue weighted by molar-refractivity contribution is -0.115. The minimum absolute atomic E-state index is 0.0330. The van der Waals surface area contributed by atoms with E-state index >= 15 is 0 Å². The van der Waals surface area contributed by atoms with Gasteiger partial charge in [0.2, 0.25) is 5.91 Å². The lowest BCUT2D eigenvalue weighted by Gasteiger charge is -2.06. The molecule has 0 radical (unpaired) electrons. The number of benzene rings is 2. The minimum Gasteiger partial charge on any atom is -0.352 e. The van der Waals surface area contributed by atoms with Crippen LogP contribution in [0, 0.1) is 13.8 Å². The van der Waals surface area contributed by atoms with Crippen molar-refractivity contribution in [1.29, 1.82) is 0 Å². The van der Waals surface area contributed by atoms with Crippen molar-refractivity contribution in [2.45, 2.75) is 26.7 Å². The molecule has 142 valence electrons. The normalized spacial score (nSPS) is 12.6. The Morgan fingerprint density at radius 1 is 1.18 bits per heavy atom. The van der Waals surface area contributed by atoms with Crippen LogP contribution in [0.5, 0.6) is 0 Å². The van der Waals surface area contributed by atoms with Crippen LogP contribution in [0.4, 0.5) is 5.69 Å². The van der Waals surface area contributed by atoms with Gasteiger partial charge in [0.15, 0.2) is 0 Å². The van der Waals surface area contributed by atoms with Crippen molar-refractivity contribution in [2.24, 2.45) is 0 Å². The first kappa shape index (κ1) is 18.4. The van der Waals surface area contributed by atoms with Crippen molar-refractivity contribution in [1.82, 2.24) is 10.3 Å². The van der Waals surface area contributed by atoms with Crippen molar-refractivity contribution >= 4 is 28.8 Å². The minimum atomic E-state index is -0.0596. The second kappa shape index (κ2) is 7.56. The van der Waals surface area contributed by atoms with Gasteiger partial charge in [-0.15, -0.1) is 11.3 Å². The van der Waals surface area contributed by atoms with Crippen molar-refractivity contribution in [3.63, 3.8) is 0 Å². The Balaban J connectivity index is 1.36. The standard InChI is InChI=1S/C22H21N3O2S/c1-13-3-4-16(9-14(13)2)22(27)23-8-7-21-25-19(12-28-21)15-5-6-18-17(10-15)11-20(26)24-18/h3-6,9-10,12H,7-8,11H2,1-2H3,(H,23,27)(H,24,26). The maximum Gasteiger partial charge on any atom is 0.251 e. The summed E-state index contributed by atoms with van der Waals surface area (Å²) in [5.74, 6) is -0.0266. The van der Waals surface area contributed by atoms with Crippen LogP contribution in [0.3, 0.4) is 0 Å². The van der Waals surface area contributed by atoms with Crippen molar-refractivity contribution in [2.75, 3.05) is 11.9 Å². The largest absolute Gasteiger partial charge is 0.352 e. The first-order valence-corrected chi connectivity index (χ1v) is 10.1. The Morgan fingerprint density at radius 3 is 2.86 bits per heavy atom. The second-order valence-corrected chi connectivity index (χ2v) is 7.97. The molecule has 0 atom stereocenters. The number of hydrogen-bond acceptors (Lipinski definition) is 4. The number of aryl methyl sites for hydroxylation is 2. The summed E-state index contributed by atoms with van der Waals surface area (Å²) in [6, 6.07) is 11.7. The van der Waals surface area contributed by atoms with Gasteiger partial charge in [-0.1, -0.05) is 12.1 Å². The zero-order valence-corrected chi connectivity index (χ0v) is 16.7. The Morgan fingerprint density at radius 2 is 2.04 bits per heavy atom. The third kappa shape index (κ3) is 3.82. The second-order valence-electron chi connectivity index (χ2n) is 7.03. The number of anilines is 1. The number of carbonyl (C=O) groups is 2. The third-order valence-electron chi connectivity index (χ3n) is 4.97. The number of rotatable bonds is 5. The predicted octanol–water partition coefficient (Wildman–Crippen LogP) is 3.89. The van der Waals surface area contributed by atoms with E-state index in [0.29, 0.717) is 24.9 Å². The van der Waals surface area contributed by atoms with E-state index < -0.39 is 0 Å². The molecule has 0 saturated heterocycles. The molecule has 3 aromatic rings. The molecule has 2 aromatic carbocycles. The molecule has 2 N–H and O–H groups in total. The molecular weight excluding hydrogens is 370 g/mol. The summed E-state index contributed by atoms with van der Waals surface area (Å²) in [5.41, 5.74) is 6.79. The molecule has 0 unspecified atom stereocenters. The van der Waals surface area contributed by atoms with Crippen LogP contribution in [0.15, 0.2) is 41.8 Å². The molecule has 1 aliphatic heterocycles. The molecule has 0 aliphatic carbocycles. The van der Waals surface area contributed by atoms with Crippen molar-refractivity contribution in [3.05, 3.63) is 69.0 Å². The van der Waals surface area contributed by atoms with Gasteiger partial charge in [0.05, 0.1) is 17.1 Å². The van der Waals surface area contributed by atoms with Crippen LogP contribution < -0.4 is 10.6 Å². The summed E-state index contributed by atoms with van der Waals surface area (Å²) < 4.78 is 0. The van der Waals surface area contributed by atoms with Crippen LogP contribution in [-0.2, 0) is 17.6 Å². The van der Waals surface area contributed by atoms with Crippen LogP contribution >= 0.6 is 11.3 Å². The Hall–Kier alpha value is -2.99. The van der Waals surface area contributed by atoms with E-state index in [1.54, 1.807) is 11.3 Å². The maximum atomic E-state index is 12.3. The van der Waals surface area contributed by atoms with Crippen LogP contribution in [0.1, 0.15) is 32.1 Å². The van der Waals surface area contributed by atoms with Gasteiger partial charge in [-0.25, -0.2) is 4.98 Å². The maximum absolute atomic E-state index is 12.3. The van der Waals surface area contributed by atoms with Gasteiger partial charge in [0.1, 0.15) is 0 Å². The summed E-state index contributed by atoms with van der Waals surface area (Å²) in [6.07, 6.45) is 1.11. The van der Waals surface area contributed by atoms with Gasteiger partial charge in [0.25, 0.3) is 5.91 Å². The summed E-state index contributed by atoms with van der Waals surface area (Å²) in [4.78, 5) is 28.5. The number of carbonyl (C=O) groups excluding carboxylic acids is 2. The summed E-state index contributed by atoms with van der Waals surface area (Å²) >= 11 is 1.59. The fourth-order valence-electron chi connectivity index (χ4n) is 3.21. The quantitative estimate of drug-likeness (QED) is 0.693. The predicted molar refractivity (Wildman–Crippen MR) is 112 cm³/mol. The first-order valence-electron chi connectivity index (χ1n) is 9.22. The van der Waals surface area contributed by atoms with E-state index in [2.05, 4.69) is 15.6 Å². The molecule has 5 nitrogen and oxygen atoms in total. The van der Waals surface area contributed by atoms with Crippen molar-refractivity contribution in [3.8, 4) is 11.3 Å². The van der Waals surface area contributed by atoms with E-state index in [-0.39, 0.29) is 11.8 Å². The van der Waals surface area contributed by atoms with Gasteiger partial charge in [0, 0.05) is 35.2 Å². The molecule has 6 heteroatoms. The molecule has 1 aliphatic rings. The summed E-state index contributed by atoms with van der Waals surface area (Å²) in [5, 5.41) is 8.80. The number of nitrogens with zero attached hydrogens (tertiary/aromatic N) is 1. The molecular formula is C22H21N3O2S. The Bertz CT molecular complexity index is 1070. The molecule has 0 bridgehead atoms. The van der Waals surface area contributed by atoms with Crippen LogP contribution in [0.2, 0.25) is 0 Å². The van der Waals surface area contributed by atoms with Crippen LogP contribution in [-0.4, -0.2) is 23.3 Å². The lowest BCUT2D eigenvalue weighted by Crippen LogP contribution is -2.25. The molecule has 2 amide bonds. The number of nitrogens with one attached hydrogen (secondary N) is 2. The van der Waals surface area contributed by atoms with E-state index in [9.17, 15) is 9.59 Å². The molecule has 0 saturated carbocycles. The van der Waals surface area contributed by atoms with Crippen LogP contribution in [0.25, 0.3) is 11.3 Å². The molecule has 28 heavy (non-hydrogen) atoms. The fraction of sp³-hybridized carbons (Fsp3) is 0.227. The topological polar surface area (TPSA) is 71.1 Å². The van der Waals surface area contributed by atoms with Crippen molar-refractivity contribution < 1.29 is 9.59 Å². The van der Waals surface area contributed by atoms with E-state index in [4.69, 9.17) is 0 Å². The Kier molecular flexibility index (Phi) is 4.96.